The van der Waals surface area contributed by atoms with Gasteiger partial charge >= 0.3 is 17.3 Å². The maximum absolute atomic E-state index is 12.7. The molecule has 0 amide bonds. The van der Waals surface area contributed by atoms with Crippen molar-refractivity contribution in [1.82, 2.24) is 13.9 Å². The number of esters is 1. The first-order valence-corrected chi connectivity index (χ1v) is 7.50. The summed E-state index contributed by atoms with van der Waals surface area (Å²) in [7, 11) is 0. The molecule has 0 bridgehead atoms. The molecule has 2 aromatic rings. The summed E-state index contributed by atoms with van der Waals surface area (Å²) in [6.07, 6.45) is -2.92. The number of aromatic nitrogens is 3. The summed E-state index contributed by atoms with van der Waals surface area (Å²) in [4.78, 5) is 37.4. The minimum atomic E-state index is -1.55. The fourth-order valence-electron chi connectivity index (χ4n) is 2.84. The van der Waals surface area contributed by atoms with E-state index in [9.17, 15) is 24.6 Å². The predicted molar refractivity (Wildman–Crippen MR) is 82.0 cm³/mol. The Morgan fingerprint density at radius 2 is 1.88 bits per heavy atom. The number of nitrogens with zero attached hydrogens (tertiary/aromatic N) is 3. The smallest absolute Gasteiger partial charge is 0.352 e. The summed E-state index contributed by atoms with van der Waals surface area (Å²) in [6, 6.07) is 6.71. The van der Waals surface area contributed by atoms with Crippen LogP contribution in [0.25, 0.3) is 5.69 Å². The van der Waals surface area contributed by atoms with Crippen molar-refractivity contribution in [3.8, 4) is 5.69 Å². The quantitative estimate of drug-likeness (QED) is 0.670. The van der Waals surface area contributed by atoms with Crippen LogP contribution in [0.1, 0.15) is 13.0 Å². The van der Waals surface area contributed by atoms with Crippen LogP contribution in [0, 0.1) is 0 Å². The highest BCUT2D eigenvalue weighted by molar-refractivity contribution is 5.75. The van der Waals surface area contributed by atoms with Crippen molar-refractivity contribution in [3.63, 3.8) is 0 Å². The van der Waals surface area contributed by atoms with Gasteiger partial charge in [0.15, 0.2) is 6.04 Å². The van der Waals surface area contributed by atoms with Gasteiger partial charge in [0.05, 0.1) is 18.8 Å². The van der Waals surface area contributed by atoms with Crippen molar-refractivity contribution in [2.24, 2.45) is 0 Å². The molecule has 24 heavy (non-hydrogen) atoms. The first kappa shape index (κ1) is 16.2. The van der Waals surface area contributed by atoms with Crippen molar-refractivity contribution < 1.29 is 19.7 Å². The van der Waals surface area contributed by atoms with Gasteiger partial charge in [-0.1, -0.05) is 18.2 Å². The van der Waals surface area contributed by atoms with Crippen LogP contribution in [-0.4, -0.2) is 48.9 Å². The number of hydrogen-bond donors (Lipinski definition) is 2. The average Bonchev–Trinajstić information content (AvgIpc) is 2.80. The molecular formula is C15H17N3O6. The van der Waals surface area contributed by atoms with Gasteiger partial charge in [-0.3, -0.25) is 0 Å². The van der Waals surface area contributed by atoms with Crippen molar-refractivity contribution >= 4 is 5.97 Å². The van der Waals surface area contributed by atoms with Gasteiger partial charge in [0.1, 0.15) is 12.2 Å². The zero-order valence-corrected chi connectivity index (χ0v) is 12.9. The Hall–Kier alpha value is -2.65. The zero-order valence-electron chi connectivity index (χ0n) is 12.9. The summed E-state index contributed by atoms with van der Waals surface area (Å²) in [5, 5.41) is 20.1. The molecule has 0 saturated carbocycles. The number of rotatable bonds is 3. The monoisotopic (exact) mass is 335 g/mol. The topological polar surface area (TPSA) is 116 Å². The molecule has 1 aromatic carbocycles. The van der Waals surface area contributed by atoms with Gasteiger partial charge in [-0.15, -0.1) is 0 Å². The van der Waals surface area contributed by atoms with Gasteiger partial charge in [-0.25, -0.2) is 28.3 Å². The van der Waals surface area contributed by atoms with E-state index in [2.05, 4.69) is 0 Å². The molecule has 0 fully saturated rings. The molecule has 0 unspecified atom stereocenters. The van der Waals surface area contributed by atoms with Crippen molar-refractivity contribution in [2.75, 3.05) is 6.61 Å². The van der Waals surface area contributed by atoms with Crippen LogP contribution in [0.3, 0.4) is 0 Å². The van der Waals surface area contributed by atoms with E-state index in [-0.39, 0.29) is 13.2 Å². The first-order chi connectivity index (χ1) is 11.5. The zero-order chi connectivity index (χ0) is 17.4. The Morgan fingerprint density at radius 3 is 2.50 bits per heavy atom. The van der Waals surface area contributed by atoms with Gasteiger partial charge in [0, 0.05) is 0 Å². The van der Waals surface area contributed by atoms with Crippen LogP contribution in [0.4, 0.5) is 0 Å². The lowest BCUT2D eigenvalue weighted by Gasteiger charge is -2.31. The van der Waals surface area contributed by atoms with Gasteiger partial charge < -0.3 is 14.9 Å². The van der Waals surface area contributed by atoms with Crippen LogP contribution < -0.4 is 11.4 Å². The second kappa shape index (κ2) is 6.10. The van der Waals surface area contributed by atoms with E-state index in [1.165, 1.54) is 0 Å². The highest BCUT2D eigenvalue weighted by atomic mass is 16.5. The van der Waals surface area contributed by atoms with E-state index in [0.717, 1.165) is 13.9 Å². The molecule has 1 aromatic heterocycles. The molecule has 0 saturated heterocycles. The summed E-state index contributed by atoms with van der Waals surface area (Å²) < 4.78 is 7.56. The lowest BCUT2D eigenvalue weighted by atomic mass is 10.0. The molecule has 1 aliphatic heterocycles. The highest BCUT2D eigenvalue weighted by Gasteiger charge is 2.43. The second-order valence-corrected chi connectivity index (χ2v) is 5.42. The third-order valence-corrected chi connectivity index (χ3v) is 3.94. The van der Waals surface area contributed by atoms with Crippen LogP contribution in [-0.2, 0) is 16.1 Å². The summed E-state index contributed by atoms with van der Waals surface area (Å²) >= 11 is 0. The fourth-order valence-corrected chi connectivity index (χ4v) is 2.84. The van der Waals surface area contributed by atoms with Gasteiger partial charge in [-0.2, -0.15) is 0 Å². The lowest BCUT2D eigenvalue weighted by molar-refractivity contribution is -0.159. The summed E-state index contributed by atoms with van der Waals surface area (Å²) in [6.45, 7) is 1.32. The molecule has 1 aliphatic rings. The molecule has 0 radical (unpaired) electrons. The van der Waals surface area contributed by atoms with E-state index in [0.29, 0.717) is 5.69 Å². The minimum absolute atomic E-state index is 0.0382. The van der Waals surface area contributed by atoms with E-state index in [4.69, 9.17) is 4.74 Å². The van der Waals surface area contributed by atoms with Gasteiger partial charge in [0.2, 0.25) is 0 Å². The molecular weight excluding hydrogens is 318 g/mol. The third kappa shape index (κ3) is 2.38. The number of carbonyl (C=O) groups is 1. The lowest BCUT2D eigenvalue weighted by Crippen LogP contribution is -2.53. The summed E-state index contributed by atoms with van der Waals surface area (Å²) in [5.41, 5.74) is -1.16. The standard InChI is InChI=1S/C15H17N3O6/c1-2-24-13(21)11-12(20)10(19)8-16-14(22)17(15(23)18(11)16)9-6-4-3-5-7-9/h3-7,10-12,19-20H,2,8H2,1H3/t10-,11+,12+/m0/s1. The number of benzene rings is 1. The number of carbonyl (C=O) groups excluding carboxylic acids is 1. The molecule has 9 nitrogen and oxygen atoms in total. The van der Waals surface area contributed by atoms with E-state index < -0.39 is 35.6 Å². The maximum atomic E-state index is 12.7. The largest absolute Gasteiger partial charge is 0.464 e. The van der Waals surface area contributed by atoms with Crippen molar-refractivity contribution in [1.29, 1.82) is 0 Å². The molecule has 0 spiro atoms. The molecule has 2 N–H and O–H groups in total. The van der Waals surface area contributed by atoms with E-state index in [1.54, 1.807) is 37.3 Å². The predicted octanol–water partition coefficient (Wildman–Crippen LogP) is -1.36. The average molecular weight is 335 g/mol. The Balaban J connectivity index is 2.23. The normalized spacial score (nSPS) is 22.9. The Morgan fingerprint density at radius 1 is 1.21 bits per heavy atom. The molecule has 0 aliphatic carbocycles. The van der Waals surface area contributed by atoms with Gasteiger partial charge in [0.25, 0.3) is 0 Å². The minimum Gasteiger partial charge on any atom is -0.464 e. The number of aliphatic hydroxyl groups is 2. The SMILES string of the molecule is CCOC(=O)[C@H]1[C@H](O)[C@@H](O)Cn2c(=O)n(-c3ccccc3)c(=O)n21. The first-order valence-electron chi connectivity index (χ1n) is 7.50. The number of hydrogen-bond acceptors (Lipinski definition) is 6. The number of para-hydroxylation sites is 1. The van der Waals surface area contributed by atoms with Gasteiger partial charge in [-0.05, 0) is 19.1 Å². The van der Waals surface area contributed by atoms with Crippen LogP contribution >= 0.6 is 0 Å². The number of fused-ring (bicyclic) bond motifs is 1. The maximum Gasteiger partial charge on any atom is 0.352 e. The van der Waals surface area contributed by atoms with E-state index >= 15 is 0 Å². The summed E-state index contributed by atoms with van der Waals surface area (Å²) in [5.74, 6) is -0.884. The Bertz CT molecular complexity index is 866. The highest BCUT2D eigenvalue weighted by Crippen LogP contribution is 2.21. The van der Waals surface area contributed by atoms with Crippen LogP contribution in [0.2, 0.25) is 0 Å². The molecule has 3 rings (SSSR count). The van der Waals surface area contributed by atoms with Crippen molar-refractivity contribution in [2.45, 2.75) is 31.7 Å². The van der Waals surface area contributed by atoms with Crippen LogP contribution in [0.15, 0.2) is 39.9 Å². The molecule has 9 heteroatoms. The molecule has 128 valence electrons. The Kier molecular flexibility index (Phi) is 4.12. The third-order valence-electron chi connectivity index (χ3n) is 3.94. The molecule has 2 heterocycles. The van der Waals surface area contributed by atoms with Crippen molar-refractivity contribution in [3.05, 3.63) is 51.3 Å². The van der Waals surface area contributed by atoms with E-state index in [1.807, 2.05) is 0 Å². The van der Waals surface area contributed by atoms with Crippen LogP contribution in [0.5, 0.6) is 0 Å². The fraction of sp³-hybridized carbons (Fsp3) is 0.400. The second-order valence-electron chi connectivity index (χ2n) is 5.42. The Labute approximate surface area is 135 Å². The number of aliphatic hydroxyl groups excluding tert-OH is 2. The number of ether oxygens (including phenoxy) is 1. The molecule has 3 atom stereocenters.